The Hall–Kier alpha value is -3.09. The number of nitrogens with two attached hydrogens (primary N) is 1. The van der Waals surface area contributed by atoms with E-state index in [1.54, 1.807) is 24.4 Å². The van der Waals surface area contributed by atoms with Gasteiger partial charge in [0.25, 0.3) is 0 Å². The standard InChI is InChI=1S/C14H13N5O2/c1-21-10-6-8(5-9(20)7-10)17-14-12(15)19-13-11(18-14)3-2-4-16-13/h2-7,20H,1H3,(H,17,18)(H2,15,16,19). The highest BCUT2D eigenvalue weighted by molar-refractivity contribution is 5.78. The second kappa shape index (κ2) is 5.12. The molecule has 106 valence electrons. The van der Waals surface area contributed by atoms with Gasteiger partial charge in [0, 0.05) is 30.1 Å². The van der Waals surface area contributed by atoms with Crippen molar-refractivity contribution in [3.63, 3.8) is 0 Å². The number of benzene rings is 1. The minimum absolute atomic E-state index is 0.0748. The van der Waals surface area contributed by atoms with Crippen molar-refractivity contribution in [3.05, 3.63) is 36.5 Å². The molecule has 0 atom stereocenters. The molecule has 0 aliphatic carbocycles. The van der Waals surface area contributed by atoms with Gasteiger partial charge in [0.15, 0.2) is 17.3 Å². The third kappa shape index (κ3) is 2.62. The molecule has 3 aromatic rings. The van der Waals surface area contributed by atoms with E-state index in [0.717, 1.165) is 0 Å². The predicted molar refractivity (Wildman–Crippen MR) is 79.7 cm³/mol. The van der Waals surface area contributed by atoms with Gasteiger partial charge in [-0.1, -0.05) is 0 Å². The summed E-state index contributed by atoms with van der Waals surface area (Å²) >= 11 is 0. The van der Waals surface area contributed by atoms with E-state index < -0.39 is 0 Å². The average molecular weight is 283 g/mol. The van der Waals surface area contributed by atoms with Crippen LogP contribution in [-0.2, 0) is 0 Å². The molecular weight excluding hydrogens is 270 g/mol. The third-order valence-electron chi connectivity index (χ3n) is 2.86. The summed E-state index contributed by atoms with van der Waals surface area (Å²) in [5.41, 5.74) is 7.57. The molecule has 4 N–H and O–H groups in total. The highest BCUT2D eigenvalue weighted by atomic mass is 16.5. The Balaban J connectivity index is 2.01. The van der Waals surface area contributed by atoms with E-state index in [1.807, 2.05) is 0 Å². The molecule has 7 heteroatoms. The summed E-state index contributed by atoms with van der Waals surface area (Å²) in [6.45, 7) is 0. The number of aromatic hydroxyl groups is 1. The quantitative estimate of drug-likeness (QED) is 0.675. The van der Waals surface area contributed by atoms with Crippen molar-refractivity contribution in [1.29, 1.82) is 0 Å². The van der Waals surface area contributed by atoms with Crippen LogP contribution >= 0.6 is 0 Å². The van der Waals surface area contributed by atoms with Crippen molar-refractivity contribution in [2.75, 3.05) is 18.2 Å². The zero-order chi connectivity index (χ0) is 14.8. The van der Waals surface area contributed by atoms with Crippen molar-refractivity contribution >= 4 is 28.5 Å². The van der Waals surface area contributed by atoms with Crippen LogP contribution in [-0.4, -0.2) is 27.2 Å². The fourth-order valence-corrected chi connectivity index (χ4v) is 1.91. The maximum Gasteiger partial charge on any atom is 0.180 e. The molecule has 0 aliphatic heterocycles. The Morgan fingerprint density at radius 3 is 2.90 bits per heavy atom. The van der Waals surface area contributed by atoms with Gasteiger partial charge in [0.1, 0.15) is 17.0 Å². The summed E-state index contributed by atoms with van der Waals surface area (Å²) in [5.74, 6) is 1.21. The largest absolute Gasteiger partial charge is 0.508 e. The van der Waals surface area contributed by atoms with Crippen molar-refractivity contribution in [1.82, 2.24) is 15.0 Å². The molecule has 0 amide bonds. The first-order chi connectivity index (χ1) is 10.2. The molecule has 3 rings (SSSR count). The molecule has 1 aromatic carbocycles. The number of aromatic nitrogens is 3. The molecule has 0 aliphatic rings. The fraction of sp³-hybridized carbons (Fsp3) is 0.0714. The van der Waals surface area contributed by atoms with Crippen molar-refractivity contribution in [3.8, 4) is 11.5 Å². The van der Waals surface area contributed by atoms with E-state index in [2.05, 4.69) is 20.3 Å². The number of fused-ring (bicyclic) bond motifs is 1. The zero-order valence-electron chi connectivity index (χ0n) is 11.2. The van der Waals surface area contributed by atoms with Gasteiger partial charge in [-0.15, -0.1) is 0 Å². The van der Waals surface area contributed by atoms with Gasteiger partial charge in [0.05, 0.1) is 7.11 Å². The van der Waals surface area contributed by atoms with Crippen LogP contribution in [0.5, 0.6) is 11.5 Å². The topological polar surface area (TPSA) is 106 Å². The molecule has 2 aromatic heterocycles. The number of hydrogen-bond acceptors (Lipinski definition) is 7. The monoisotopic (exact) mass is 283 g/mol. The zero-order valence-corrected chi connectivity index (χ0v) is 11.2. The summed E-state index contributed by atoms with van der Waals surface area (Å²) in [6, 6.07) is 8.33. The van der Waals surface area contributed by atoms with Crippen LogP contribution in [0.2, 0.25) is 0 Å². The maximum atomic E-state index is 9.65. The first-order valence-corrected chi connectivity index (χ1v) is 6.19. The van der Waals surface area contributed by atoms with Crippen LogP contribution < -0.4 is 15.8 Å². The summed E-state index contributed by atoms with van der Waals surface area (Å²) in [5, 5.41) is 12.7. The third-order valence-corrected chi connectivity index (χ3v) is 2.86. The molecule has 0 spiro atoms. The van der Waals surface area contributed by atoms with Gasteiger partial charge in [-0.25, -0.2) is 15.0 Å². The van der Waals surface area contributed by atoms with E-state index >= 15 is 0 Å². The smallest absolute Gasteiger partial charge is 0.180 e. The lowest BCUT2D eigenvalue weighted by molar-refractivity contribution is 0.408. The second-order valence-electron chi connectivity index (χ2n) is 4.35. The van der Waals surface area contributed by atoms with Gasteiger partial charge in [-0.2, -0.15) is 0 Å². The first-order valence-electron chi connectivity index (χ1n) is 6.19. The fourth-order valence-electron chi connectivity index (χ4n) is 1.91. The molecule has 0 saturated carbocycles. The van der Waals surface area contributed by atoms with Gasteiger partial charge in [0.2, 0.25) is 0 Å². The van der Waals surface area contributed by atoms with E-state index in [4.69, 9.17) is 10.5 Å². The van der Waals surface area contributed by atoms with E-state index in [0.29, 0.717) is 28.4 Å². The lowest BCUT2D eigenvalue weighted by Gasteiger charge is -2.10. The van der Waals surface area contributed by atoms with Crippen LogP contribution in [0.25, 0.3) is 11.2 Å². The summed E-state index contributed by atoms with van der Waals surface area (Å²) in [6.07, 6.45) is 1.63. The molecule has 0 saturated heterocycles. The number of nitrogens with zero attached hydrogens (tertiary/aromatic N) is 3. The molecule has 0 fully saturated rings. The lowest BCUT2D eigenvalue weighted by atomic mass is 10.2. The van der Waals surface area contributed by atoms with Gasteiger partial charge in [-0.3, -0.25) is 0 Å². The van der Waals surface area contributed by atoms with Gasteiger partial charge >= 0.3 is 0 Å². The second-order valence-corrected chi connectivity index (χ2v) is 4.35. The first kappa shape index (κ1) is 12.9. The Kier molecular flexibility index (Phi) is 3.15. The minimum atomic E-state index is 0.0748. The molecule has 21 heavy (non-hydrogen) atoms. The van der Waals surface area contributed by atoms with Crippen molar-refractivity contribution in [2.24, 2.45) is 0 Å². The Morgan fingerprint density at radius 2 is 2.10 bits per heavy atom. The molecular formula is C14H13N5O2. The van der Waals surface area contributed by atoms with Crippen molar-refractivity contribution < 1.29 is 9.84 Å². The Morgan fingerprint density at radius 1 is 1.24 bits per heavy atom. The molecule has 0 radical (unpaired) electrons. The number of nitrogens with one attached hydrogen (secondary N) is 1. The van der Waals surface area contributed by atoms with E-state index in [9.17, 15) is 5.11 Å². The van der Waals surface area contributed by atoms with Crippen LogP contribution in [0.4, 0.5) is 17.3 Å². The number of pyridine rings is 1. The number of anilines is 3. The number of hydrogen-bond donors (Lipinski definition) is 3. The Bertz CT molecular complexity index is 806. The number of phenolic OH excluding ortho intramolecular Hbond substituents is 1. The van der Waals surface area contributed by atoms with Gasteiger partial charge in [-0.05, 0) is 12.1 Å². The summed E-state index contributed by atoms with van der Waals surface area (Å²) < 4.78 is 5.10. The van der Waals surface area contributed by atoms with Crippen molar-refractivity contribution in [2.45, 2.75) is 0 Å². The molecule has 7 nitrogen and oxygen atoms in total. The normalized spacial score (nSPS) is 10.5. The summed E-state index contributed by atoms with van der Waals surface area (Å²) in [4.78, 5) is 12.6. The van der Waals surface area contributed by atoms with Gasteiger partial charge < -0.3 is 20.9 Å². The highest BCUT2D eigenvalue weighted by Gasteiger charge is 2.08. The predicted octanol–water partition coefficient (Wildman–Crippen LogP) is 2.06. The molecule has 2 heterocycles. The number of nitrogen functional groups attached to an aromatic ring is 1. The molecule has 0 bridgehead atoms. The maximum absolute atomic E-state index is 9.65. The number of rotatable bonds is 3. The number of phenols is 1. The number of methoxy groups -OCH3 is 1. The minimum Gasteiger partial charge on any atom is -0.508 e. The summed E-state index contributed by atoms with van der Waals surface area (Å²) in [7, 11) is 1.52. The SMILES string of the molecule is COc1cc(O)cc(Nc2nc3cccnc3nc2N)c1. The van der Waals surface area contributed by atoms with E-state index in [1.165, 1.54) is 19.2 Å². The average Bonchev–Trinajstić information content (AvgIpc) is 2.47. The van der Waals surface area contributed by atoms with E-state index in [-0.39, 0.29) is 11.6 Å². The molecule has 0 unspecified atom stereocenters. The Labute approximate surface area is 120 Å². The van der Waals surface area contributed by atoms with Crippen LogP contribution in [0.1, 0.15) is 0 Å². The number of ether oxygens (including phenoxy) is 1. The van der Waals surface area contributed by atoms with Crippen LogP contribution in [0, 0.1) is 0 Å². The van der Waals surface area contributed by atoms with Crippen LogP contribution in [0.3, 0.4) is 0 Å². The lowest BCUT2D eigenvalue weighted by Crippen LogP contribution is -2.03. The van der Waals surface area contributed by atoms with Crippen LogP contribution in [0.15, 0.2) is 36.5 Å². The highest BCUT2D eigenvalue weighted by Crippen LogP contribution is 2.28.